The van der Waals surface area contributed by atoms with E-state index in [-0.39, 0.29) is 31.1 Å². The number of pyridine rings is 1. The number of hydrogen-bond donors (Lipinski definition) is 2. The molecule has 0 aliphatic rings. The molecule has 2 amide bonds. The Morgan fingerprint density at radius 3 is 2.42 bits per heavy atom. The Labute approximate surface area is 152 Å². The number of nitrogens with one attached hydrogen (secondary N) is 2. The van der Waals surface area contributed by atoms with E-state index in [1.807, 2.05) is 0 Å². The van der Waals surface area contributed by atoms with Crippen LogP contribution in [0.2, 0.25) is 0 Å². The zero-order valence-corrected chi connectivity index (χ0v) is 15.5. The summed E-state index contributed by atoms with van der Waals surface area (Å²) in [5.74, 6) is 1.14. The third-order valence-corrected chi connectivity index (χ3v) is 5.48. The van der Waals surface area contributed by atoms with Crippen LogP contribution in [0.15, 0.2) is 28.0 Å². The van der Waals surface area contributed by atoms with Gasteiger partial charge in [-0.05, 0) is 6.07 Å². The number of rotatable bonds is 9. The predicted molar refractivity (Wildman–Crippen MR) is 95.7 cm³/mol. The van der Waals surface area contributed by atoms with E-state index < -0.39 is 33.9 Å². The summed E-state index contributed by atoms with van der Waals surface area (Å²) < 4.78 is 27.2. The third kappa shape index (κ3) is 5.72. The molecule has 0 saturated carbocycles. The highest BCUT2D eigenvalue weighted by Crippen LogP contribution is 2.13. The fourth-order valence-corrected chi connectivity index (χ4v) is 3.58. The summed E-state index contributed by atoms with van der Waals surface area (Å²) in [6.07, 6.45) is 6.12. The van der Waals surface area contributed by atoms with Crippen LogP contribution < -0.4 is 16.2 Å². The van der Waals surface area contributed by atoms with Crippen molar-refractivity contribution >= 4 is 21.8 Å². The van der Waals surface area contributed by atoms with E-state index in [0.29, 0.717) is 0 Å². The molecule has 1 aromatic rings. The first-order chi connectivity index (χ1) is 12.3. The molecule has 0 aliphatic carbocycles. The summed E-state index contributed by atoms with van der Waals surface area (Å²) in [5, 5.41) is 4.71. The van der Waals surface area contributed by atoms with E-state index in [0.717, 1.165) is 16.8 Å². The molecular formula is C16H22N4O5S. The summed E-state index contributed by atoms with van der Waals surface area (Å²) in [6, 6.07) is 2.29. The Kier molecular flexibility index (Phi) is 8.02. The Balaban J connectivity index is 2.88. The van der Waals surface area contributed by atoms with Gasteiger partial charge in [0.2, 0.25) is 21.8 Å². The Morgan fingerprint density at radius 2 is 1.85 bits per heavy atom. The lowest BCUT2D eigenvalue weighted by Gasteiger charge is -2.19. The minimum absolute atomic E-state index is 0.0411. The SMILES string of the molecule is C#CCNC(=O)CNC(=O)Cn1cc(S(=O)(=O)N(CC)CC)ccc1=O. The van der Waals surface area contributed by atoms with Crippen molar-refractivity contribution in [2.75, 3.05) is 26.2 Å². The average Bonchev–Trinajstić information content (AvgIpc) is 2.60. The molecule has 0 bridgehead atoms. The summed E-state index contributed by atoms with van der Waals surface area (Å²) >= 11 is 0. The number of aromatic nitrogens is 1. The second-order valence-electron chi connectivity index (χ2n) is 5.18. The van der Waals surface area contributed by atoms with Crippen molar-refractivity contribution in [1.29, 1.82) is 0 Å². The maximum Gasteiger partial charge on any atom is 0.251 e. The highest BCUT2D eigenvalue weighted by molar-refractivity contribution is 7.89. The Hall–Kier alpha value is -2.64. The first-order valence-corrected chi connectivity index (χ1v) is 9.37. The van der Waals surface area contributed by atoms with Crippen molar-refractivity contribution < 1.29 is 18.0 Å². The Bertz CT molecular complexity index is 850. The van der Waals surface area contributed by atoms with Crippen molar-refractivity contribution in [3.8, 4) is 12.3 Å². The van der Waals surface area contributed by atoms with E-state index >= 15 is 0 Å². The summed E-state index contributed by atoms with van der Waals surface area (Å²) in [5.41, 5.74) is -0.532. The van der Waals surface area contributed by atoms with Crippen molar-refractivity contribution in [3.05, 3.63) is 28.7 Å². The number of carbonyl (C=O) groups excluding carboxylic acids is 2. The standard InChI is InChI=1S/C16H22N4O5S/c1-4-9-17-14(21)10-18-15(22)12-19-11-13(7-8-16(19)23)26(24,25)20(5-2)6-3/h1,7-8,11H,5-6,9-10,12H2,2-3H3,(H,17,21)(H,18,22). The monoisotopic (exact) mass is 382 g/mol. The van der Waals surface area contributed by atoms with E-state index in [4.69, 9.17) is 6.42 Å². The number of amides is 2. The molecule has 0 aliphatic heterocycles. The molecule has 0 spiro atoms. The zero-order chi connectivity index (χ0) is 19.7. The van der Waals surface area contributed by atoms with Gasteiger partial charge < -0.3 is 15.2 Å². The van der Waals surface area contributed by atoms with Gasteiger partial charge in [-0.15, -0.1) is 6.42 Å². The largest absolute Gasteiger partial charge is 0.345 e. The molecule has 1 aromatic heterocycles. The fraction of sp³-hybridized carbons (Fsp3) is 0.438. The highest BCUT2D eigenvalue weighted by atomic mass is 32.2. The number of sulfonamides is 1. The average molecular weight is 382 g/mol. The van der Waals surface area contributed by atoms with Crippen LogP contribution in [0, 0.1) is 12.3 Å². The van der Waals surface area contributed by atoms with Crippen LogP contribution in [-0.2, 0) is 26.2 Å². The molecule has 26 heavy (non-hydrogen) atoms. The predicted octanol–water partition coefficient (Wildman–Crippen LogP) is -1.26. The summed E-state index contributed by atoms with van der Waals surface area (Å²) in [6.45, 7) is 3.30. The second kappa shape index (κ2) is 9.74. The fourth-order valence-electron chi connectivity index (χ4n) is 2.10. The lowest BCUT2D eigenvalue weighted by Crippen LogP contribution is -2.39. The van der Waals surface area contributed by atoms with Gasteiger partial charge in [-0.25, -0.2) is 8.42 Å². The van der Waals surface area contributed by atoms with Crippen LogP contribution in [-0.4, -0.2) is 55.3 Å². The van der Waals surface area contributed by atoms with Crippen LogP contribution in [0.5, 0.6) is 0 Å². The topological polar surface area (TPSA) is 118 Å². The van der Waals surface area contributed by atoms with Crippen LogP contribution in [0.4, 0.5) is 0 Å². The lowest BCUT2D eigenvalue weighted by molar-refractivity contribution is -0.126. The van der Waals surface area contributed by atoms with Gasteiger partial charge in [0.05, 0.1) is 18.0 Å². The van der Waals surface area contributed by atoms with Gasteiger partial charge in [0.25, 0.3) is 5.56 Å². The van der Waals surface area contributed by atoms with Gasteiger partial charge in [-0.1, -0.05) is 19.8 Å². The van der Waals surface area contributed by atoms with Gasteiger partial charge >= 0.3 is 0 Å². The molecule has 1 rings (SSSR count). The molecule has 10 heteroatoms. The van der Waals surface area contributed by atoms with Crippen molar-refractivity contribution in [2.45, 2.75) is 25.3 Å². The number of nitrogens with zero attached hydrogens (tertiary/aromatic N) is 2. The van der Waals surface area contributed by atoms with E-state index in [2.05, 4.69) is 16.6 Å². The molecule has 0 fully saturated rings. The molecule has 0 radical (unpaired) electrons. The molecule has 0 atom stereocenters. The quantitative estimate of drug-likeness (QED) is 0.517. The van der Waals surface area contributed by atoms with Crippen molar-refractivity contribution in [3.63, 3.8) is 0 Å². The Morgan fingerprint density at radius 1 is 1.19 bits per heavy atom. The van der Waals surface area contributed by atoms with Gasteiger partial charge in [0, 0.05) is 25.4 Å². The molecule has 0 aromatic carbocycles. The number of hydrogen-bond acceptors (Lipinski definition) is 5. The van der Waals surface area contributed by atoms with E-state index in [9.17, 15) is 22.8 Å². The second-order valence-corrected chi connectivity index (χ2v) is 7.12. The molecule has 0 unspecified atom stereocenters. The first kappa shape index (κ1) is 21.4. The zero-order valence-electron chi connectivity index (χ0n) is 14.7. The molecule has 9 nitrogen and oxygen atoms in total. The summed E-state index contributed by atoms with van der Waals surface area (Å²) in [4.78, 5) is 35.1. The van der Waals surface area contributed by atoms with Crippen molar-refractivity contribution in [2.24, 2.45) is 0 Å². The van der Waals surface area contributed by atoms with Gasteiger partial charge in [-0.2, -0.15) is 4.31 Å². The first-order valence-electron chi connectivity index (χ1n) is 7.93. The molecule has 142 valence electrons. The molecule has 1 heterocycles. The molecule has 2 N–H and O–H groups in total. The van der Waals surface area contributed by atoms with Crippen molar-refractivity contribution in [1.82, 2.24) is 19.5 Å². The summed E-state index contributed by atoms with van der Waals surface area (Å²) in [7, 11) is -3.75. The van der Waals surface area contributed by atoms with Crippen LogP contribution in [0.25, 0.3) is 0 Å². The number of terminal acetylenes is 1. The molecule has 0 saturated heterocycles. The highest BCUT2D eigenvalue weighted by Gasteiger charge is 2.22. The van der Waals surface area contributed by atoms with Gasteiger partial charge in [0.15, 0.2) is 0 Å². The van der Waals surface area contributed by atoms with E-state index in [1.54, 1.807) is 13.8 Å². The normalized spacial score (nSPS) is 11.0. The van der Waals surface area contributed by atoms with Gasteiger partial charge in [-0.3, -0.25) is 14.4 Å². The minimum atomic E-state index is -3.75. The lowest BCUT2D eigenvalue weighted by atomic mass is 10.4. The molecular weight excluding hydrogens is 360 g/mol. The third-order valence-electron chi connectivity index (χ3n) is 3.45. The van der Waals surface area contributed by atoms with Crippen LogP contribution >= 0.6 is 0 Å². The van der Waals surface area contributed by atoms with E-state index in [1.165, 1.54) is 10.4 Å². The van der Waals surface area contributed by atoms with Crippen LogP contribution in [0.3, 0.4) is 0 Å². The number of carbonyl (C=O) groups is 2. The smallest absolute Gasteiger partial charge is 0.251 e. The van der Waals surface area contributed by atoms with Crippen LogP contribution in [0.1, 0.15) is 13.8 Å². The van der Waals surface area contributed by atoms with Gasteiger partial charge in [0.1, 0.15) is 6.54 Å². The minimum Gasteiger partial charge on any atom is -0.345 e. The maximum absolute atomic E-state index is 12.5. The maximum atomic E-state index is 12.5.